The van der Waals surface area contributed by atoms with Crippen LogP contribution in [-0.2, 0) is 13.0 Å². The molecule has 0 saturated heterocycles. The number of anilines is 1. The summed E-state index contributed by atoms with van der Waals surface area (Å²) in [5, 5.41) is 14.5. The molecular formula is C17H18N4OS2. The van der Waals surface area contributed by atoms with E-state index in [1.54, 1.807) is 23.3 Å². The normalized spacial score (nSPS) is 10.6. The van der Waals surface area contributed by atoms with Gasteiger partial charge in [0.05, 0.1) is 6.54 Å². The summed E-state index contributed by atoms with van der Waals surface area (Å²) in [6.45, 7) is 2.65. The van der Waals surface area contributed by atoms with Crippen molar-refractivity contribution in [1.29, 1.82) is 0 Å². The molecule has 0 unspecified atom stereocenters. The molecule has 0 aliphatic carbocycles. The van der Waals surface area contributed by atoms with E-state index in [4.69, 9.17) is 0 Å². The second-order valence-electron chi connectivity index (χ2n) is 5.53. The van der Waals surface area contributed by atoms with Crippen LogP contribution in [-0.4, -0.2) is 28.2 Å². The van der Waals surface area contributed by atoms with Crippen LogP contribution in [0.15, 0.2) is 41.8 Å². The van der Waals surface area contributed by atoms with E-state index in [9.17, 15) is 4.79 Å². The fourth-order valence-electron chi connectivity index (χ4n) is 2.27. The van der Waals surface area contributed by atoms with Crippen LogP contribution in [0.25, 0.3) is 0 Å². The number of benzene rings is 1. The first kappa shape index (κ1) is 16.6. The van der Waals surface area contributed by atoms with E-state index >= 15 is 0 Å². The summed E-state index contributed by atoms with van der Waals surface area (Å²) < 4.78 is 0. The largest absolute Gasteiger partial charge is 0.323 e. The lowest BCUT2D eigenvalue weighted by atomic mass is 10.1. The summed E-state index contributed by atoms with van der Waals surface area (Å²) >= 11 is 3.04. The van der Waals surface area contributed by atoms with Crippen LogP contribution in [0.3, 0.4) is 0 Å². The van der Waals surface area contributed by atoms with E-state index in [0.717, 1.165) is 16.3 Å². The maximum Gasteiger partial charge on any atom is 0.323 e. The van der Waals surface area contributed by atoms with Gasteiger partial charge in [-0.2, -0.15) is 0 Å². The van der Waals surface area contributed by atoms with Gasteiger partial charge in [0.2, 0.25) is 5.13 Å². The Morgan fingerprint density at radius 3 is 2.88 bits per heavy atom. The topological polar surface area (TPSA) is 58.1 Å². The molecule has 0 fully saturated rings. The third kappa shape index (κ3) is 4.39. The van der Waals surface area contributed by atoms with E-state index < -0.39 is 0 Å². The maximum atomic E-state index is 12.2. The Balaban J connectivity index is 1.58. The predicted molar refractivity (Wildman–Crippen MR) is 98.7 cm³/mol. The molecule has 5 nitrogen and oxygen atoms in total. The molecule has 0 aliphatic heterocycles. The van der Waals surface area contributed by atoms with E-state index in [2.05, 4.69) is 40.6 Å². The highest BCUT2D eigenvalue weighted by atomic mass is 32.1. The second kappa shape index (κ2) is 7.55. The van der Waals surface area contributed by atoms with Gasteiger partial charge in [-0.3, -0.25) is 5.32 Å². The zero-order valence-corrected chi connectivity index (χ0v) is 15.2. The predicted octanol–water partition coefficient (Wildman–Crippen LogP) is 4.16. The van der Waals surface area contributed by atoms with Gasteiger partial charge >= 0.3 is 6.03 Å². The molecule has 24 heavy (non-hydrogen) atoms. The molecule has 2 aromatic heterocycles. The molecule has 0 saturated carbocycles. The summed E-state index contributed by atoms with van der Waals surface area (Å²) in [6, 6.07) is 12.1. The fraction of sp³-hybridized carbons (Fsp3) is 0.235. The number of carbonyl (C=O) groups excluding carboxylic acids is 1. The molecule has 1 aromatic carbocycles. The van der Waals surface area contributed by atoms with Gasteiger partial charge in [0, 0.05) is 18.3 Å². The molecule has 3 rings (SSSR count). The molecule has 3 aromatic rings. The molecule has 0 bridgehead atoms. The summed E-state index contributed by atoms with van der Waals surface area (Å²) in [5.74, 6) is 0. The molecule has 0 atom stereocenters. The van der Waals surface area contributed by atoms with Gasteiger partial charge < -0.3 is 4.90 Å². The summed E-state index contributed by atoms with van der Waals surface area (Å²) in [5.41, 5.74) is 2.42. The zero-order valence-electron chi connectivity index (χ0n) is 13.5. The van der Waals surface area contributed by atoms with Crippen LogP contribution in [0.5, 0.6) is 0 Å². The smallest absolute Gasteiger partial charge is 0.322 e. The SMILES string of the molecule is Cc1cccc(Cc2nnc(NC(=O)N(C)Cc3cccs3)s2)c1. The van der Waals surface area contributed by atoms with Gasteiger partial charge in [-0.15, -0.1) is 21.5 Å². The van der Waals surface area contributed by atoms with Crippen molar-refractivity contribution in [2.45, 2.75) is 19.9 Å². The van der Waals surface area contributed by atoms with Crippen LogP contribution in [0.2, 0.25) is 0 Å². The lowest BCUT2D eigenvalue weighted by Crippen LogP contribution is -2.30. The molecular weight excluding hydrogens is 340 g/mol. The van der Waals surface area contributed by atoms with Crippen molar-refractivity contribution in [2.24, 2.45) is 0 Å². The van der Waals surface area contributed by atoms with Gasteiger partial charge in [-0.25, -0.2) is 4.79 Å². The number of hydrogen-bond acceptors (Lipinski definition) is 5. The first-order chi connectivity index (χ1) is 11.6. The monoisotopic (exact) mass is 358 g/mol. The Morgan fingerprint density at radius 2 is 2.12 bits per heavy atom. The maximum absolute atomic E-state index is 12.2. The highest BCUT2D eigenvalue weighted by Gasteiger charge is 2.13. The molecule has 2 heterocycles. The van der Waals surface area contributed by atoms with Gasteiger partial charge in [0.15, 0.2) is 0 Å². The number of aryl methyl sites for hydroxylation is 1. The fourth-order valence-corrected chi connectivity index (χ4v) is 3.79. The molecule has 0 aliphatic rings. The second-order valence-corrected chi connectivity index (χ2v) is 7.63. The molecule has 2 amide bonds. The van der Waals surface area contributed by atoms with E-state index in [1.165, 1.54) is 22.5 Å². The Morgan fingerprint density at radius 1 is 1.25 bits per heavy atom. The first-order valence-corrected chi connectivity index (χ1v) is 9.22. The molecule has 124 valence electrons. The Hall–Kier alpha value is -2.25. The highest BCUT2D eigenvalue weighted by Crippen LogP contribution is 2.20. The zero-order chi connectivity index (χ0) is 16.9. The number of aromatic nitrogens is 2. The summed E-state index contributed by atoms with van der Waals surface area (Å²) in [4.78, 5) is 15.0. The van der Waals surface area contributed by atoms with Crippen molar-refractivity contribution >= 4 is 33.8 Å². The highest BCUT2D eigenvalue weighted by molar-refractivity contribution is 7.15. The van der Waals surface area contributed by atoms with E-state index in [0.29, 0.717) is 11.7 Å². The van der Waals surface area contributed by atoms with Crippen molar-refractivity contribution in [3.05, 3.63) is 62.8 Å². The van der Waals surface area contributed by atoms with E-state index in [-0.39, 0.29) is 6.03 Å². The van der Waals surface area contributed by atoms with Gasteiger partial charge in [-0.1, -0.05) is 47.2 Å². The minimum Gasteiger partial charge on any atom is -0.322 e. The average molecular weight is 358 g/mol. The summed E-state index contributed by atoms with van der Waals surface area (Å²) in [6.07, 6.45) is 0.722. The summed E-state index contributed by atoms with van der Waals surface area (Å²) in [7, 11) is 1.77. The van der Waals surface area contributed by atoms with Crippen LogP contribution >= 0.6 is 22.7 Å². The minimum atomic E-state index is -0.179. The third-order valence-corrected chi connectivity index (χ3v) is 5.14. The number of amides is 2. The Kier molecular flexibility index (Phi) is 5.22. The minimum absolute atomic E-state index is 0.179. The van der Waals surface area contributed by atoms with Crippen molar-refractivity contribution in [2.75, 3.05) is 12.4 Å². The van der Waals surface area contributed by atoms with Crippen molar-refractivity contribution in [1.82, 2.24) is 15.1 Å². The number of hydrogen-bond donors (Lipinski definition) is 1. The quantitative estimate of drug-likeness (QED) is 0.745. The number of urea groups is 1. The van der Waals surface area contributed by atoms with E-state index in [1.807, 2.05) is 23.6 Å². The number of thiophene rings is 1. The number of rotatable bonds is 5. The van der Waals surface area contributed by atoms with Crippen molar-refractivity contribution < 1.29 is 4.79 Å². The average Bonchev–Trinajstić information content (AvgIpc) is 3.19. The molecule has 0 radical (unpaired) electrons. The van der Waals surface area contributed by atoms with Gasteiger partial charge in [0.1, 0.15) is 5.01 Å². The Labute approximate surface area is 149 Å². The van der Waals surface area contributed by atoms with Crippen molar-refractivity contribution in [3.63, 3.8) is 0 Å². The van der Waals surface area contributed by atoms with Crippen molar-refractivity contribution in [3.8, 4) is 0 Å². The lowest BCUT2D eigenvalue weighted by molar-refractivity contribution is 0.221. The Bertz CT molecular complexity index is 814. The number of nitrogens with one attached hydrogen (secondary N) is 1. The van der Waals surface area contributed by atoms with Crippen LogP contribution < -0.4 is 5.32 Å². The van der Waals surface area contributed by atoms with Crippen LogP contribution in [0.4, 0.5) is 9.93 Å². The molecule has 7 heteroatoms. The first-order valence-electron chi connectivity index (χ1n) is 7.52. The van der Waals surface area contributed by atoms with Crippen LogP contribution in [0.1, 0.15) is 21.0 Å². The number of carbonyl (C=O) groups is 1. The van der Waals surface area contributed by atoms with Gasteiger partial charge in [0.25, 0.3) is 0 Å². The molecule has 0 spiro atoms. The lowest BCUT2D eigenvalue weighted by Gasteiger charge is -2.15. The molecule has 1 N–H and O–H groups in total. The van der Waals surface area contributed by atoms with Crippen LogP contribution in [0, 0.1) is 6.92 Å². The van der Waals surface area contributed by atoms with Gasteiger partial charge in [-0.05, 0) is 23.9 Å². The number of nitrogens with zero attached hydrogens (tertiary/aromatic N) is 3. The third-order valence-electron chi connectivity index (χ3n) is 3.44. The standard InChI is InChI=1S/C17H18N4OS2/c1-12-5-3-6-13(9-12)10-15-19-20-16(24-15)18-17(22)21(2)11-14-7-4-8-23-14/h3-9H,10-11H2,1-2H3,(H,18,20,22).